The van der Waals surface area contributed by atoms with Crippen molar-refractivity contribution >= 4 is 9.24 Å². The molecule has 3 heteroatoms. The van der Waals surface area contributed by atoms with E-state index in [0.717, 1.165) is 24.0 Å². The zero-order valence-electron chi connectivity index (χ0n) is 8.86. The summed E-state index contributed by atoms with van der Waals surface area (Å²) in [4.78, 5) is 0. The van der Waals surface area contributed by atoms with Gasteiger partial charge in [0.25, 0.3) is 0 Å². The van der Waals surface area contributed by atoms with Crippen molar-refractivity contribution in [1.82, 2.24) is 0 Å². The molecular weight excluding hydrogens is 222 g/mol. The summed E-state index contributed by atoms with van der Waals surface area (Å²) >= 11 is 0. The predicted molar refractivity (Wildman–Crippen MR) is 66.5 cm³/mol. The Labute approximate surface area is 96.9 Å². The fourth-order valence-corrected chi connectivity index (χ4v) is 2.00. The Balaban J connectivity index is 2.19. The Kier molecular flexibility index (Phi) is 3.52. The summed E-state index contributed by atoms with van der Waals surface area (Å²) in [7, 11) is 2.67. The highest BCUT2D eigenvalue weighted by molar-refractivity contribution is 7.22. The van der Waals surface area contributed by atoms with Crippen LogP contribution in [0.1, 0.15) is 24.5 Å². The second-order valence-electron chi connectivity index (χ2n) is 3.94. The molecule has 0 amide bonds. The normalized spacial score (nSPS) is 17.7. The zero-order valence-corrected chi connectivity index (χ0v) is 10.0. The van der Waals surface area contributed by atoms with Crippen molar-refractivity contribution in [3.8, 4) is 0 Å². The summed E-state index contributed by atoms with van der Waals surface area (Å²) in [6.07, 6.45) is 5.13. The molecule has 84 valence electrons. The average molecular weight is 236 g/mol. The summed E-state index contributed by atoms with van der Waals surface area (Å²) in [5.41, 5.74) is 1.73. The molecule has 2 rings (SSSR count). The van der Waals surface area contributed by atoms with Crippen molar-refractivity contribution in [2.24, 2.45) is 0 Å². The number of benzene rings is 1. The first-order valence-corrected chi connectivity index (χ1v) is 5.83. The first-order chi connectivity index (χ1) is 7.66. The van der Waals surface area contributed by atoms with Gasteiger partial charge in [-0.25, -0.2) is 4.39 Å². The van der Waals surface area contributed by atoms with Gasteiger partial charge in [0.2, 0.25) is 0 Å². The van der Waals surface area contributed by atoms with Crippen LogP contribution >= 0.6 is 9.24 Å². The molecule has 1 aromatic carbocycles. The number of aliphatic hydroxyl groups is 1. The summed E-state index contributed by atoms with van der Waals surface area (Å²) in [5, 5.41) is 11.3. The van der Waals surface area contributed by atoms with Crippen LogP contribution in [-0.2, 0) is 0 Å². The van der Waals surface area contributed by atoms with E-state index in [1.165, 1.54) is 17.4 Å². The molecule has 0 spiro atoms. The molecule has 0 aromatic heterocycles. The van der Waals surface area contributed by atoms with Gasteiger partial charge in [-0.15, -0.1) is 9.24 Å². The maximum absolute atomic E-state index is 12.7. The number of rotatable bonds is 2. The number of aliphatic hydroxyl groups excluding tert-OH is 1. The van der Waals surface area contributed by atoms with Crippen molar-refractivity contribution < 1.29 is 9.50 Å². The van der Waals surface area contributed by atoms with Crippen molar-refractivity contribution in [3.05, 3.63) is 58.7 Å². The van der Waals surface area contributed by atoms with E-state index in [4.69, 9.17) is 0 Å². The van der Waals surface area contributed by atoms with Gasteiger partial charge in [0.05, 0.1) is 0 Å². The molecule has 1 aliphatic carbocycles. The highest BCUT2D eigenvalue weighted by Gasteiger charge is 2.14. The van der Waals surface area contributed by atoms with E-state index < -0.39 is 6.10 Å². The molecule has 1 N–H and O–H groups in total. The molecule has 0 radical (unpaired) electrons. The number of hydrogen-bond acceptors (Lipinski definition) is 1. The van der Waals surface area contributed by atoms with Crippen molar-refractivity contribution in [2.45, 2.75) is 18.9 Å². The van der Waals surface area contributed by atoms with Gasteiger partial charge in [-0.05, 0) is 36.1 Å². The molecule has 16 heavy (non-hydrogen) atoms. The Bertz CT molecular complexity index is 434. The predicted octanol–water partition coefficient (Wildman–Crippen LogP) is 3.34. The molecule has 0 bridgehead atoms. The smallest absolute Gasteiger partial charge is 0.123 e. The SMILES string of the molecule is OC(C1=CC=C(P)CC1)c1ccc(F)cc1. The molecule has 1 aliphatic rings. The number of allylic oxidation sites excluding steroid dienone is 3. The molecule has 0 aliphatic heterocycles. The van der Waals surface area contributed by atoms with Gasteiger partial charge in [-0.3, -0.25) is 0 Å². The topological polar surface area (TPSA) is 20.2 Å². The third kappa shape index (κ3) is 2.58. The van der Waals surface area contributed by atoms with Gasteiger partial charge >= 0.3 is 0 Å². The molecule has 1 nitrogen and oxygen atoms in total. The molecule has 0 heterocycles. The third-order valence-electron chi connectivity index (χ3n) is 2.75. The fraction of sp³-hybridized carbons (Fsp3) is 0.231. The van der Waals surface area contributed by atoms with E-state index in [2.05, 4.69) is 9.24 Å². The standard InChI is InChI=1S/C13H14FOP/c14-11-5-1-9(2-6-11)13(15)10-3-7-12(16)8-4-10/h1-3,5-7,13,15H,4,8,16H2. The van der Waals surface area contributed by atoms with Crippen LogP contribution in [0.3, 0.4) is 0 Å². The van der Waals surface area contributed by atoms with Crippen molar-refractivity contribution in [2.75, 3.05) is 0 Å². The van der Waals surface area contributed by atoms with Crippen LogP contribution < -0.4 is 0 Å². The van der Waals surface area contributed by atoms with E-state index >= 15 is 0 Å². The third-order valence-corrected chi connectivity index (χ3v) is 3.23. The lowest BCUT2D eigenvalue weighted by atomic mass is 9.95. The van der Waals surface area contributed by atoms with Crippen LogP contribution in [0.4, 0.5) is 4.39 Å². The van der Waals surface area contributed by atoms with Gasteiger partial charge in [0, 0.05) is 0 Å². The number of hydrogen-bond donors (Lipinski definition) is 1. The Hall–Kier alpha value is -0.980. The highest BCUT2D eigenvalue weighted by atomic mass is 31.0. The molecule has 0 saturated carbocycles. The minimum absolute atomic E-state index is 0.277. The molecule has 2 atom stereocenters. The van der Waals surface area contributed by atoms with Gasteiger partial charge in [0.1, 0.15) is 11.9 Å². The largest absolute Gasteiger partial charge is 0.384 e. The second kappa shape index (κ2) is 4.90. The van der Waals surface area contributed by atoms with Crippen LogP contribution in [0.15, 0.2) is 47.3 Å². The highest BCUT2D eigenvalue weighted by Crippen LogP contribution is 2.31. The Morgan fingerprint density at radius 1 is 1.12 bits per heavy atom. The van der Waals surface area contributed by atoms with E-state index in [1.54, 1.807) is 12.1 Å². The summed E-state index contributed by atoms with van der Waals surface area (Å²) in [6, 6.07) is 6.00. The number of halogens is 1. The van der Waals surface area contributed by atoms with E-state index in [0.29, 0.717) is 0 Å². The Morgan fingerprint density at radius 2 is 1.81 bits per heavy atom. The van der Waals surface area contributed by atoms with Gasteiger partial charge in [-0.2, -0.15) is 0 Å². The average Bonchev–Trinajstić information content (AvgIpc) is 2.30. The Morgan fingerprint density at radius 3 is 2.38 bits per heavy atom. The lowest BCUT2D eigenvalue weighted by Gasteiger charge is -2.18. The molecule has 1 aromatic rings. The van der Waals surface area contributed by atoms with Gasteiger partial charge in [-0.1, -0.05) is 29.6 Å². The minimum Gasteiger partial charge on any atom is -0.384 e. The molecule has 0 fully saturated rings. The lowest BCUT2D eigenvalue weighted by Crippen LogP contribution is -2.03. The lowest BCUT2D eigenvalue weighted by molar-refractivity contribution is 0.211. The van der Waals surface area contributed by atoms with E-state index in [-0.39, 0.29) is 5.82 Å². The quantitative estimate of drug-likeness (QED) is 0.781. The molecular formula is C13H14FOP. The van der Waals surface area contributed by atoms with Crippen molar-refractivity contribution in [1.29, 1.82) is 0 Å². The van der Waals surface area contributed by atoms with Crippen LogP contribution in [0.5, 0.6) is 0 Å². The monoisotopic (exact) mass is 236 g/mol. The first-order valence-electron chi connectivity index (χ1n) is 5.25. The fourth-order valence-electron chi connectivity index (χ4n) is 1.76. The van der Waals surface area contributed by atoms with Gasteiger partial charge < -0.3 is 5.11 Å². The maximum Gasteiger partial charge on any atom is 0.123 e. The van der Waals surface area contributed by atoms with Crippen LogP contribution in [-0.4, -0.2) is 5.11 Å². The summed E-state index contributed by atoms with van der Waals surface area (Å²) in [5.74, 6) is -0.277. The molecule has 2 unspecified atom stereocenters. The zero-order chi connectivity index (χ0) is 11.5. The van der Waals surface area contributed by atoms with Crippen LogP contribution in [0.2, 0.25) is 0 Å². The van der Waals surface area contributed by atoms with Crippen LogP contribution in [0.25, 0.3) is 0 Å². The first kappa shape index (κ1) is 11.5. The van der Waals surface area contributed by atoms with E-state index in [1.807, 2.05) is 12.2 Å². The van der Waals surface area contributed by atoms with E-state index in [9.17, 15) is 9.50 Å². The van der Waals surface area contributed by atoms with Crippen molar-refractivity contribution in [3.63, 3.8) is 0 Å². The second-order valence-corrected chi connectivity index (χ2v) is 4.68. The summed E-state index contributed by atoms with van der Waals surface area (Å²) in [6.45, 7) is 0. The summed E-state index contributed by atoms with van der Waals surface area (Å²) < 4.78 is 12.7. The maximum atomic E-state index is 12.7. The molecule has 0 saturated heterocycles. The van der Waals surface area contributed by atoms with Gasteiger partial charge in [0.15, 0.2) is 0 Å². The van der Waals surface area contributed by atoms with Crippen LogP contribution in [0, 0.1) is 5.82 Å². The minimum atomic E-state index is -0.616.